The molecule has 0 spiro atoms. The van der Waals surface area contributed by atoms with E-state index < -0.39 is 0 Å². The molecule has 2 heterocycles. The van der Waals surface area contributed by atoms with Crippen molar-refractivity contribution in [3.05, 3.63) is 164 Å². The molecule has 0 amide bonds. The summed E-state index contributed by atoms with van der Waals surface area (Å²) in [5.74, 6) is 0. The molecule has 0 aliphatic heterocycles. The predicted molar refractivity (Wildman–Crippen MR) is 208 cm³/mol. The van der Waals surface area contributed by atoms with Crippen LogP contribution in [0.5, 0.6) is 0 Å². The lowest BCUT2D eigenvalue weighted by molar-refractivity contribution is 0.886. The molecular formula is C46H37N3. The van der Waals surface area contributed by atoms with Crippen LogP contribution in [0.3, 0.4) is 0 Å². The van der Waals surface area contributed by atoms with Gasteiger partial charge in [-0.1, -0.05) is 178 Å². The van der Waals surface area contributed by atoms with Crippen LogP contribution in [0.1, 0.15) is 26.7 Å². The second-order valence-corrected chi connectivity index (χ2v) is 12.4. The molecule has 0 saturated heterocycles. The molecule has 0 aliphatic rings. The Hall–Kier alpha value is -6.06. The molecule has 9 aromatic rings. The Kier molecular flexibility index (Phi) is 8.17. The van der Waals surface area contributed by atoms with E-state index in [4.69, 9.17) is 10.1 Å². The van der Waals surface area contributed by atoms with Crippen LogP contribution in [-0.2, 0) is 0 Å². The maximum Gasteiger partial charge on any atom is 0.164 e. The fourth-order valence-electron chi connectivity index (χ4n) is 6.72. The van der Waals surface area contributed by atoms with Crippen LogP contribution in [-0.4, -0.2) is 14.6 Å². The predicted octanol–water partition coefficient (Wildman–Crippen LogP) is 12.7. The van der Waals surface area contributed by atoms with E-state index in [0.29, 0.717) is 0 Å². The topological polar surface area (TPSA) is 30.2 Å². The number of hydrogen-bond donors (Lipinski definition) is 0. The summed E-state index contributed by atoms with van der Waals surface area (Å²) in [5, 5.41) is 12.8. The zero-order chi connectivity index (χ0) is 33.2. The van der Waals surface area contributed by atoms with Gasteiger partial charge in [0.2, 0.25) is 0 Å². The summed E-state index contributed by atoms with van der Waals surface area (Å²) in [4.78, 5) is 5.35. The van der Waals surface area contributed by atoms with Gasteiger partial charge in [0.1, 0.15) is 5.69 Å². The fraction of sp³-hybridized carbons (Fsp3) is 0.0870. The molecule has 7 aromatic carbocycles. The second kappa shape index (κ2) is 13.2. The molecular weight excluding hydrogens is 595 g/mol. The number of hydrogen-bond acceptors (Lipinski definition) is 2. The van der Waals surface area contributed by atoms with Crippen LogP contribution in [0.25, 0.3) is 82.9 Å². The van der Waals surface area contributed by atoms with Crippen LogP contribution in [0.4, 0.5) is 0 Å². The third-order valence-electron chi connectivity index (χ3n) is 9.31. The van der Waals surface area contributed by atoms with Crippen LogP contribution < -0.4 is 0 Å². The summed E-state index contributed by atoms with van der Waals surface area (Å²) in [6.07, 6.45) is 2.64. The summed E-state index contributed by atoms with van der Waals surface area (Å²) >= 11 is 0. The van der Waals surface area contributed by atoms with Gasteiger partial charge >= 0.3 is 0 Å². The fourth-order valence-corrected chi connectivity index (χ4v) is 6.72. The molecule has 0 saturated carbocycles. The summed E-state index contributed by atoms with van der Waals surface area (Å²) in [5.41, 5.74) is 8.99. The number of fused-ring (bicyclic) bond motifs is 7. The standard InChI is InChI=1S/C42H27N3.C4H10/c1-4-14-28(15-5-1)38-27-39(29-16-6-2-7-17-29)45-42(43-38)40(41(44-45)30-18-8-3-9-19-30)31-24-25-36-34-22-11-10-20-32(34)33-21-12-13-23-35(33)37(36)26-31;1-3-4-2/h1-27H;3-4H2,1-2H3. The highest BCUT2D eigenvalue weighted by molar-refractivity contribution is 6.26. The largest absolute Gasteiger partial charge is 0.228 e. The number of aromatic nitrogens is 3. The van der Waals surface area contributed by atoms with E-state index >= 15 is 0 Å². The lowest BCUT2D eigenvalue weighted by Crippen LogP contribution is -1.99. The molecule has 2 aromatic heterocycles. The summed E-state index contributed by atoms with van der Waals surface area (Å²) in [6.45, 7) is 4.36. The summed E-state index contributed by atoms with van der Waals surface area (Å²) in [6, 6.07) is 57.8. The average molecular weight is 632 g/mol. The minimum absolute atomic E-state index is 0.832. The number of unbranched alkanes of at least 4 members (excludes halogenated alkanes) is 1. The van der Waals surface area contributed by atoms with Gasteiger partial charge in [0, 0.05) is 16.7 Å². The Morgan fingerprint density at radius 3 is 1.45 bits per heavy atom. The molecule has 49 heavy (non-hydrogen) atoms. The van der Waals surface area contributed by atoms with Crippen molar-refractivity contribution in [3.63, 3.8) is 0 Å². The van der Waals surface area contributed by atoms with E-state index in [1.807, 2.05) is 22.7 Å². The smallest absolute Gasteiger partial charge is 0.164 e. The highest BCUT2D eigenvalue weighted by atomic mass is 15.3. The molecule has 0 N–H and O–H groups in total. The van der Waals surface area contributed by atoms with E-state index in [0.717, 1.165) is 50.5 Å². The van der Waals surface area contributed by atoms with E-state index in [1.54, 1.807) is 0 Å². The van der Waals surface area contributed by atoms with Crippen molar-refractivity contribution in [2.24, 2.45) is 0 Å². The zero-order valence-electron chi connectivity index (χ0n) is 27.8. The quantitative estimate of drug-likeness (QED) is 0.177. The molecule has 9 rings (SSSR count). The van der Waals surface area contributed by atoms with Crippen molar-refractivity contribution in [2.75, 3.05) is 0 Å². The Morgan fingerprint density at radius 2 is 0.898 bits per heavy atom. The third-order valence-corrected chi connectivity index (χ3v) is 9.31. The van der Waals surface area contributed by atoms with Gasteiger partial charge < -0.3 is 0 Å². The average Bonchev–Trinajstić information content (AvgIpc) is 3.58. The molecule has 3 nitrogen and oxygen atoms in total. The molecule has 0 radical (unpaired) electrons. The Bertz CT molecular complexity index is 2510. The van der Waals surface area contributed by atoms with E-state index in [9.17, 15) is 0 Å². The lowest BCUT2D eigenvalue weighted by Gasteiger charge is -2.13. The first-order chi connectivity index (χ1) is 24.2. The molecule has 0 atom stereocenters. The van der Waals surface area contributed by atoms with Gasteiger partial charge in [-0.2, -0.15) is 5.10 Å². The number of nitrogens with zero attached hydrogens (tertiary/aromatic N) is 3. The van der Waals surface area contributed by atoms with E-state index in [2.05, 4.69) is 159 Å². The normalized spacial score (nSPS) is 11.2. The van der Waals surface area contributed by atoms with Crippen LogP contribution in [0, 0.1) is 0 Å². The SMILES string of the molecule is CCCC.c1ccc(-c2cc(-c3ccccc3)n3nc(-c4ccccc4)c(-c4ccc5c6ccccc6c6ccccc6c5c4)c3n2)cc1. The minimum atomic E-state index is 0.832. The molecule has 236 valence electrons. The van der Waals surface area contributed by atoms with Gasteiger partial charge in [0.15, 0.2) is 5.65 Å². The van der Waals surface area contributed by atoms with Gasteiger partial charge in [0.05, 0.1) is 17.0 Å². The Morgan fingerprint density at radius 1 is 0.429 bits per heavy atom. The first-order valence-corrected chi connectivity index (χ1v) is 17.2. The highest BCUT2D eigenvalue weighted by Crippen LogP contribution is 2.41. The summed E-state index contributed by atoms with van der Waals surface area (Å²) in [7, 11) is 0. The van der Waals surface area contributed by atoms with E-state index in [1.165, 1.54) is 45.2 Å². The molecule has 0 aliphatic carbocycles. The maximum absolute atomic E-state index is 5.35. The van der Waals surface area contributed by atoms with Crippen molar-refractivity contribution in [1.82, 2.24) is 14.6 Å². The first-order valence-electron chi connectivity index (χ1n) is 17.2. The van der Waals surface area contributed by atoms with Gasteiger partial charge in [-0.05, 0) is 50.0 Å². The monoisotopic (exact) mass is 631 g/mol. The van der Waals surface area contributed by atoms with Crippen molar-refractivity contribution in [2.45, 2.75) is 26.7 Å². The maximum atomic E-state index is 5.35. The van der Waals surface area contributed by atoms with Crippen LogP contribution in [0.2, 0.25) is 0 Å². The molecule has 0 fully saturated rings. The van der Waals surface area contributed by atoms with Crippen LogP contribution in [0.15, 0.2) is 164 Å². The van der Waals surface area contributed by atoms with Crippen molar-refractivity contribution < 1.29 is 0 Å². The Labute approximate surface area is 287 Å². The van der Waals surface area contributed by atoms with Gasteiger partial charge in [0.25, 0.3) is 0 Å². The molecule has 3 heteroatoms. The number of benzene rings is 7. The highest BCUT2D eigenvalue weighted by Gasteiger charge is 2.22. The van der Waals surface area contributed by atoms with Crippen molar-refractivity contribution >= 4 is 38.0 Å². The molecule has 0 unspecified atom stereocenters. The Balaban J connectivity index is 0.000000829. The van der Waals surface area contributed by atoms with Gasteiger partial charge in [-0.15, -0.1) is 0 Å². The third kappa shape index (κ3) is 5.54. The van der Waals surface area contributed by atoms with Gasteiger partial charge in [-0.3, -0.25) is 0 Å². The van der Waals surface area contributed by atoms with Gasteiger partial charge in [-0.25, -0.2) is 9.50 Å². The van der Waals surface area contributed by atoms with Crippen molar-refractivity contribution in [1.29, 1.82) is 0 Å². The zero-order valence-corrected chi connectivity index (χ0v) is 27.8. The van der Waals surface area contributed by atoms with E-state index in [-0.39, 0.29) is 0 Å². The van der Waals surface area contributed by atoms with Crippen molar-refractivity contribution in [3.8, 4) is 44.9 Å². The lowest BCUT2D eigenvalue weighted by atomic mass is 9.91. The molecule has 0 bridgehead atoms. The van der Waals surface area contributed by atoms with Crippen LogP contribution >= 0.6 is 0 Å². The first kappa shape index (κ1) is 30.3. The minimum Gasteiger partial charge on any atom is -0.228 e. The number of rotatable bonds is 5. The summed E-state index contributed by atoms with van der Waals surface area (Å²) < 4.78 is 2.03. The second-order valence-electron chi connectivity index (χ2n) is 12.4.